The molecule has 2 aliphatic carbocycles. The van der Waals surface area contributed by atoms with Crippen molar-refractivity contribution in [1.82, 2.24) is 0 Å². The van der Waals surface area contributed by atoms with E-state index in [2.05, 4.69) is 13.8 Å². The van der Waals surface area contributed by atoms with Crippen LogP contribution in [-0.4, -0.2) is 5.11 Å². The SMILES string of the molecule is CC1CC2CC2C1.CCCCCc1ccc(O)cc1. The third-order valence-electron chi connectivity index (χ3n) is 4.48. The lowest BCUT2D eigenvalue weighted by Crippen LogP contribution is -1.86. The standard InChI is InChI=1S/C11H16O.C7H12/c1-2-3-4-5-10-6-8-11(12)9-7-10;1-5-2-6-4-7(6)3-5/h6-9,12H,2-5H2,1H3;5-7H,2-4H2,1H3. The molecular weight excluding hydrogens is 232 g/mol. The first-order chi connectivity index (χ1) is 9.19. The zero-order valence-corrected chi connectivity index (χ0v) is 12.4. The Balaban J connectivity index is 0.000000159. The van der Waals surface area contributed by atoms with Crippen molar-refractivity contribution in [2.75, 3.05) is 0 Å². The first-order valence-corrected chi connectivity index (χ1v) is 7.97. The van der Waals surface area contributed by atoms with Crippen molar-refractivity contribution in [3.63, 3.8) is 0 Å². The highest BCUT2D eigenvalue weighted by molar-refractivity contribution is 5.25. The van der Waals surface area contributed by atoms with E-state index in [1.54, 1.807) is 31.4 Å². The molecule has 19 heavy (non-hydrogen) atoms. The maximum Gasteiger partial charge on any atom is 0.115 e. The first-order valence-electron chi connectivity index (χ1n) is 7.97. The predicted octanol–water partition coefficient (Wildman–Crippen LogP) is 5.18. The molecule has 2 unspecified atom stereocenters. The van der Waals surface area contributed by atoms with Crippen LogP contribution in [0.4, 0.5) is 0 Å². The molecule has 1 heteroatoms. The largest absolute Gasteiger partial charge is 0.508 e. The van der Waals surface area contributed by atoms with Gasteiger partial charge in [0.2, 0.25) is 0 Å². The number of aryl methyl sites for hydroxylation is 1. The average Bonchev–Trinajstić information content (AvgIpc) is 3.01. The molecular formula is C18H28O. The van der Waals surface area contributed by atoms with Crippen LogP contribution in [0, 0.1) is 17.8 Å². The Morgan fingerprint density at radius 1 is 1.00 bits per heavy atom. The van der Waals surface area contributed by atoms with Crippen molar-refractivity contribution in [1.29, 1.82) is 0 Å². The van der Waals surface area contributed by atoms with Crippen LogP contribution in [0.2, 0.25) is 0 Å². The molecule has 0 aromatic heterocycles. The number of fused-ring (bicyclic) bond motifs is 1. The molecule has 2 fully saturated rings. The highest BCUT2D eigenvalue weighted by Gasteiger charge is 2.43. The Hall–Kier alpha value is -0.980. The molecule has 1 N–H and O–H groups in total. The van der Waals surface area contributed by atoms with Crippen LogP contribution >= 0.6 is 0 Å². The zero-order valence-electron chi connectivity index (χ0n) is 12.4. The van der Waals surface area contributed by atoms with Gasteiger partial charge in [0.25, 0.3) is 0 Å². The van der Waals surface area contributed by atoms with Gasteiger partial charge in [-0.2, -0.15) is 0 Å². The molecule has 0 heterocycles. The fourth-order valence-electron chi connectivity index (χ4n) is 3.26. The summed E-state index contributed by atoms with van der Waals surface area (Å²) in [5.41, 5.74) is 1.32. The van der Waals surface area contributed by atoms with E-state index in [1.165, 1.54) is 36.7 Å². The van der Waals surface area contributed by atoms with Gasteiger partial charge in [0, 0.05) is 0 Å². The van der Waals surface area contributed by atoms with Gasteiger partial charge in [-0.3, -0.25) is 0 Å². The summed E-state index contributed by atoms with van der Waals surface area (Å²) in [6, 6.07) is 7.48. The first kappa shape index (κ1) is 14.4. The van der Waals surface area contributed by atoms with Gasteiger partial charge >= 0.3 is 0 Å². The molecule has 1 aromatic carbocycles. The molecule has 3 rings (SSSR count). The number of hydrogen-bond donors (Lipinski definition) is 1. The predicted molar refractivity (Wildman–Crippen MR) is 81.3 cm³/mol. The van der Waals surface area contributed by atoms with E-state index < -0.39 is 0 Å². The van der Waals surface area contributed by atoms with Crippen LogP contribution < -0.4 is 0 Å². The van der Waals surface area contributed by atoms with Gasteiger partial charge in [0.15, 0.2) is 0 Å². The fraction of sp³-hybridized carbons (Fsp3) is 0.667. The van der Waals surface area contributed by atoms with Crippen LogP contribution in [0.25, 0.3) is 0 Å². The fourth-order valence-corrected chi connectivity index (χ4v) is 3.26. The minimum atomic E-state index is 0.356. The number of rotatable bonds is 4. The van der Waals surface area contributed by atoms with E-state index in [4.69, 9.17) is 5.11 Å². The van der Waals surface area contributed by atoms with Crippen molar-refractivity contribution in [3.8, 4) is 5.75 Å². The summed E-state index contributed by atoms with van der Waals surface area (Å²) in [4.78, 5) is 0. The number of phenols is 1. The number of phenolic OH excluding ortho intramolecular Hbond substituents is 1. The summed E-state index contributed by atoms with van der Waals surface area (Å²) in [7, 11) is 0. The van der Waals surface area contributed by atoms with E-state index in [-0.39, 0.29) is 0 Å². The van der Waals surface area contributed by atoms with Gasteiger partial charge in [-0.05, 0) is 67.6 Å². The quantitative estimate of drug-likeness (QED) is 0.740. The maximum atomic E-state index is 9.03. The Morgan fingerprint density at radius 3 is 2.11 bits per heavy atom. The van der Waals surface area contributed by atoms with Crippen LogP contribution in [0.3, 0.4) is 0 Å². The monoisotopic (exact) mass is 260 g/mol. The maximum absolute atomic E-state index is 9.03. The molecule has 0 radical (unpaired) electrons. The number of hydrogen-bond acceptors (Lipinski definition) is 1. The highest BCUT2D eigenvalue weighted by Crippen LogP contribution is 2.53. The Kier molecular flexibility index (Phi) is 5.30. The third kappa shape index (κ3) is 4.89. The lowest BCUT2D eigenvalue weighted by molar-refractivity contribution is 0.475. The Bertz CT molecular complexity index is 358. The molecule has 0 amide bonds. The molecule has 2 aliphatic rings. The highest BCUT2D eigenvalue weighted by atomic mass is 16.3. The zero-order chi connectivity index (χ0) is 13.7. The molecule has 0 saturated heterocycles. The third-order valence-corrected chi connectivity index (χ3v) is 4.48. The lowest BCUT2D eigenvalue weighted by Gasteiger charge is -1.99. The van der Waals surface area contributed by atoms with Crippen LogP contribution in [0.15, 0.2) is 24.3 Å². The van der Waals surface area contributed by atoms with Crippen LogP contribution in [0.5, 0.6) is 5.75 Å². The molecule has 0 bridgehead atoms. The lowest BCUT2D eigenvalue weighted by atomic mass is 10.1. The van der Waals surface area contributed by atoms with E-state index in [0.717, 1.165) is 12.3 Å². The summed E-state index contributed by atoms with van der Waals surface area (Å²) >= 11 is 0. The summed E-state index contributed by atoms with van der Waals surface area (Å²) in [6.45, 7) is 4.59. The van der Waals surface area contributed by atoms with E-state index >= 15 is 0 Å². The summed E-state index contributed by atoms with van der Waals surface area (Å²) in [5, 5.41) is 9.03. The molecule has 2 atom stereocenters. The number of unbranched alkanes of at least 4 members (excludes halogenated alkanes) is 2. The van der Waals surface area contributed by atoms with Crippen molar-refractivity contribution < 1.29 is 5.11 Å². The van der Waals surface area contributed by atoms with Gasteiger partial charge in [-0.15, -0.1) is 0 Å². The smallest absolute Gasteiger partial charge is 0.115 e. The average molecular weight is 260 g/mol. The summed E-state index contributed by atoms with van der Waals surface area (Å²) in [6.07, 6.45) is 9.61. The summed E-state index contributed by atoms with van der Waals surface area (Å²) in [5.74, 6) is 3.81. The molecule has 2 saturated carbocycles. The second-order valence-electron chi connectivity index (χ2n) is 6.46. The van der Waals surface area contributed by atoms with E-state index in [0.29, 0.717) is 5.75 Å². The second kappa shape index (κ2) is 6.98. The topological polar surface area (TPSA) is 20.2 Å². The number of benzene rings is 1. The second-order valence-corrected chi connectivity index (χ2v) is 6.46. The molecule has 106 valence electrons. The van der Waals surface area contributed by atoms with Crippen molar-refractivity contribution in [3.05, 3.63) is 29.8 Å². The molecule has 1 nitrogen and oxygen atoms in total. The van der Waals surface area contributed by atoms with Gasteiger partial charge in [0.05, 0.1) is 0 Å². The Labute approximate surface area is 118 Å². The van der Waals surface area contributed by atoms with Gasteiger partial charge < -0.3 is 5.11 Å². The van der Waals surface area contributed by atoms with Crippen LogP contribution in [-0.2, 0) is 6.42 Å². The minimum absolute atomic E-state index is 0.356. The van der Waals surface area contributed by atoms with Crippen molar-refractivity contribution >= 4 is 0 Å². The van der Waals surface area contributed by atoms with Gasteiger partial charge in [-0.1, -0.05) is 38.8 Å². The normalized spacial score (nSPS) is 27.4. The van der Waals surface area contributed by atoms with E-state index in [9.17, 15) is 0 Å². The summed E-state index contributed by atoms with van der Waals surface area (Å²) < 4.78 is 0. The molecule has 1 aromatic rings. The molecule has 0 spiro atoms. The number of aromatic hydroxyl groups is 1. The van der Waals surface area contributed by atoms with Gasteiger partial charge in [-0.25, -0.2) is 0 Å². The van der Waals surface area contributed by atoms with Gasteiger partial charge in [0.1, 0.15) is 5.75 Å². The Morgan fingerprint density at radius 2 is 1.63 bits per heavy atom. The minimum Gasteiger partial charge on any atom is -0.508 e. The van der Waals surface area contributed by atoms with E-state index in [1.807, 2.05) is 12.1 Å². The van der Waals surface area contributed by atoms with Crippen LogP contribution in [0.1, 0.15) is 57.9 Å². The molecule has 0 aliphatic heterocycles. The van der Waals surface area contributed by atoms with Crippen molar-refractivity contribution in [2.45, 2.75) is 58.8 Å². The van der Waals surface area contributed by atoms with Crippen molar-refractivity contribution in [2.24, 2.45) is 17.8 Å².